The third kappa shape index (κ3) is 2.50. The summed E-state index contributed by atoms with van der Waals surface area (Å²) in [4.78, 5) is 33.0. The van der Waals surface area contributed by atoms with Gasteiger partial charge in [-0.3, -0.25) is 14.2 Å². The zero-order valence-corrected chi connectivity index (χ0v) is 13.9. The van der Waals surface area contributed by atoms with Crippen molar-refractivity contribution in [1.29, 1.82) is 0 Å². The number of rotatable bonds is 3. The van der Waals surface area contributed by atoms with E-state index in [0.29, 0.717) is 22.4 Å². The van der Waals surface area contributed by atoms with Crippen molar-refractivity contribution in [3.8, 4) is 5.69 Å². The Hall–Kier alpha value is -3.34. The summed E-state index contributed by atoms with van der Waals surface area (Å²) >= 11 is 0. The van der Waals surface area contributed by atoms with Crippen LogP contribution in [-0.4, -0.2) is 26.1 Å². The molecule has 2 heterocycles. The Labute approximate surface area is 143 Å². The molecule has 0 bridgehead atoms. The maximum absolute atomic E-state index is 12.1. The van der Waals surface area contributed by atoms with Gasteiger partial charge in [0.25, 0.3) is 0 Å². The second kappa shape index (κ2) is 5.63. The first-order chi connectivity index (χ1) is 12.0. The van der Waals surface area contributed by atoms with E-state index in [0.717, 1.165) is 16.7 Å². The van der Waals surface area contributed by atoms with Gasteiger partial charge in [-0.05, 0) is 49.4 Å². The summed E-state index contributed by atoms with van der Waals surface area (Å²) in [5, 5.41) is 0. The van der Waals surface area contributed by atoms with E-state index in [4.69, 9.17) is 4.98 Å². The minimum atomic E-state index is -0.0699. The molecule has 0 fully saturated rings. The van der Waals surface area contributed by atoms with Crippen LogP contribution in [0.25, 0.3) is 27.9 Å². The van der Waals surface area contributed by atoms with Gasteiger partial charge in [-0.15, -0.1) is 0 Å². The molecule has 25 heavy (non-hydrogen) atoms. The highest BCUT2D eigenvalue weighted by Crippen LogP contribution is 2.25. The third-order valence-electron chi connectivity index (χ3n) is 4.20. The summed E-state index contributed by atoms with van der Waals surface area (Å²) in [5.41, 5.74) is 4.76. The van der Waals surface area contributed by atoms with Crippen molar-refractivity contribution in [2.75, 3.05) is 0 Å². The topological polar surface area (TPSA) is 64.8 Å². The lowest BCUT2D eigenvalue weighted by Gasteiger charge is -2.09. The smallest absolute Gasteiger partial charge is 0.176 e. The molecular weight excluding hydrogens is 314 g/mol. The number of benzene rings is 2. The lowest BCUT2D eigenvalue weighted by atomic mass is 10.1. The van der Waals surface area contributed by atoms with Gasteiger partial charge < -0.3 is 0 Å². The van der Waals surface area contributed by atoms with Gasteiger partial charge in [0.2, 0.25) is 0 Å². The molecule has 0 saturated heterocycles. The number of nitrogens with zero attached hydrogens (tertiary/aromatic N) is 3. The van der Waals surface area contributed by atoms with E-state index in [2.05, 4.69) is 4.98 Å². The minimum absolute atomic E-state index is 0.00138. The average Bonchev–Trinajstić information content (AvgIpc) is 2.98. The molecule has 0 aliphatic heterocycles. The normalized spacial score (nSPS) is 11.1. The molecule has 0 aliphatic carbocycles. The summed E-state index contributed by atoms with van der Waals surface area (Å²) < 4.78 is 1.79. The summed E-state index contributed by atoms with van der Waals surface area (Å²) in [7, 11) is 0. The van der Waals surface area contributed by atoms with Crippen molar-refractivity contribution < 1.29 is 9.59 Å². The first-order valence-corrected chi connectivity index (χ1v) is 7.95. The molecule has 5 nitrogen and oxygen atoms in total. The van der Waals surface area contributed by atoms with Crippen LogP contribution in [0.5, 0.6) is 0 Å². The molecule has 0 saturated carbocycles. The SMILES string of the molecule is CC(=O)c1ccc(-n2c(C(C)=O)cc3nc4ccccc4nc32)cc1. The Bertz CT molecular complexity index is 1140. The van der Waals surface area contributed by atoms with Gasteiger partial charge in [-0.2, -0.15) is 0 Å². The Morgan fingerprint density at radius 3 is 2.04 bits per heavy atom. The Morgan fingerprint density at radius 2 is 1.44 bits per heavy atom. The standard InChI is InChI=1S/C20H15N3O2/c1-12(24)14-7-9-15(10-8-14)23-19(13(2)25)11-18-20(23)22-17-6-4-3-5-16(17)21-18/h3-11H,1-2H3. The van der Waals surface area contributed by atoms with Gasteiger partial charge >= 0.3 is 0 Å². The van der Waals surface area contributed by atoms with Crippen molar-refractivity contribution >= 4 is 33.8 Å². The van der Waals surface area contributed by atoms with E-state index in [1.54, 1.807) is 22.8 Å². The number of hydrogen-bond acceptors (Lipinski definition) is 4. The fourth-order valence-electron chi connectivity index (χ4n) is 2.94. The maximum atomic E-state index is 12.1. The zero-order valence-electron chi connectivity index (χ0n) is 13.9. The molecule has 0 unspecified atom stereocenters. The van der Waals surface area contributed by atoms with Gasteiger partial charge in [-0.25, -0.2) is 9.97 Å². The lowest BCUT2D eigenvalue weighted by Crippen LogP contribution is -2.05. The third-order valence-corrected chi connectivity index (χ3v) is 4.20. The molecule has 2 aromatic carbocycles. The molecule has 2 aromatic heterocycles. The predicted octanol–water partition coefficient (Wildman–Crippen LogP) is 3.98. The highest BCUT2D eigenvalue weighted by Gasteiger charge is 2.17. The molecule has 4 rings (SSSR count). The largest absolute Gasteiger partial charge is 0.295 e. The van der Waals surface area contributed by atoms with E-state index in [1.807, 2.05) is 36.4 Å². The van der Waals surface area contributed by atoms with Gasteiger partial charge in [0.1, 0.15) is 5.52 Å². The van der Waals surface area contributed by atoms with Gasteiger partial charge in [0.15, 0.2) is 17.2 Å². The summed E-state index contributed by atoms with van der Waals surface area (Å²) in [6, 6.07) is 16.5. The fourth-order valence-corrected chi connectivity index (χ4v) is 2.94. The first kappa shape index (κ1) is 15.2. The molecule has 4 aromatic rings. The van der Waals surface area contributed by atoms with E-state index in [1.165, 1.54) is 13.8 Å². The summed E-state index contributed by atoms with van der Waals surface area (Å²) in [5.74, 6) is -0.0685. The number of fused-ring (bicyclic) bond motifs is 2. The Kier molecular flexibility index (Phi) is 3.42. The number of aromatic nitrogens is 3. The van der Waals surface area contributed by atoms with Gasteiger partial charge in [0, 0.05) is 18.2 Å². The minimum Gasteiger partial charge on any atom is -0.295 e. The molecule has 0 radical (unpaired) electrons. The second-order valence-electron chi connectivity index (χ2n) is 5.95. The van der Waals surface area contributed by atoms with Crippen molar-refractivity contribution in [3.63, 3.8) is 0 Å². The van der Waals surface area contributed by atoms with E-state index >= 15 is 0 Å². The molecule has 122 valence electrons. The molecule has 0 aliphatic rings. The van der Waals surface area contributed by atoms with E-state index in [-0.39, 0.29) is 11.6 Å². The number of Topliss-reactive ketones (excluding diaryl/α,β-unsaturated/α-hetero) is 2. The summed E-state index contributed by atoms with van der Waals surface area (Å²) in [6.45, 7) is 3.05. The van der Waals surface area contributed by atoms with Crippen molar-refractivity contribution in [2.24, 2.45) is 0 Å². The van der Waals surface area contributed by atoms with Crippen LogP contribution in [0.3, 0.4) is 0 Å². The zero-order chi connectivity index (χ0) is 17.6. The molecule has 0 amide bonds. The highest BCUT2D eigenvalue weighted by atomic mass is 16.1. The van der Waals surface area contributed by atoms with E-state index < -0.39 is 0 Å². The van der Waals surface area contributed by atoms with Crippen LogP contribution in [0.4, 0.5) is 0 Å². The number of carbonyl (C=O) groups is 2. The van der Waals surface area contributed by atoms with Crippen LogP contribution in [-0.2, 0) is 0 Å². The Balaban J connectivity index is 2.02. The van der Waals surface area contributed by atoms with Crippen LogP contribution < -0.4 is 0 Å². The quantitative estimate of drug-likeness (QED) is 0.533. The van der Waals surface area contributed by atoms with Gasteiger partial charge in [-0.1, -0.05) is 12.1 Å². The maximum Gasteiger partial charge on any atom is 0.176 e. The van der Waals surface area contributed by atoms with Crippen LogP contribution in [0.15, 0.2) is 54.6 Å². The number of ketones is 2. The number of carbonyl (C=O) groups excluding carboxylic acids is 2. The van der Waals surface area contributed by atoms with Crippen LogP contribution >= 0.6 is 0 Å². The van der Waals surface area contributed by atoms with Crippen LogP contribution in [0.1, 0.15) is 34.7 Å². The summed E-state index contributed by atoms with van der Waals surface area (Å²) in [6.07, 6.45) is 0. The first-order valence-electron chi connectivity index (χ1n) is 7.95. The van der Waals surface area contributed by atoms with E-state index in [9.17, 15) is 9.59 Å². The molecule has 0 spiro atoms. The monoisotopic (exact) mass is 329 g/mol. The highest BCUT2D eigenvalue weighted by molar-refractivity contribution is 5.99. The average molecular weight is 329 g/mol. The number of para-hydroxylation sites is 2. The lowest BCUT2D eigenvalue weighted by molar-refractivity contribution is 0.100. The van der Waals surface area contributed by atoms with Crippen LogP contribution in [0.2, 0.25) is 0 Å². The molecule has 0 N–H and O–H groups in total. The molecule has 5 heteroatoms. The molecular formula is C20H15N3O2. The Morgan fingerprint density at radius 1 is 0.800 bits per heavy atom. The van der Waals surface area contributed by atoms with Gasteiger partial charge in [0.05, 0.1) is 16.7 Å². The number of hydrogen-bond donors (Lipinski definition) is 0. The fraction of sp³-hybridized carbons (Fsp3) is 0.100. The second-order valence-corrected chi connectivity index (χ2v) is 5.95. The van der Waals surface area contributed by atoms with Crippen molar-refractivity contribution in [2.45, 2.75) is 13.8 Å². The molecule has 0 atom stereocenters. The van der Waals surface area contributed by atoms with Crippen LogP contribution in [0, 0.1) is 0 Å². The van der Waals surface area contributed by atoms with Crippen molar-refractivity contribution in [1.82, 2.24) is 14.5 Å². The van der Waals surface area contributed by atoms with Crippen molar-refractivity contribution in [3.05, 3.63) is 65.9 Å². The predicted molar refractivity (Wildman–Crippen MR) is 96.4 cm³/mol.